The molecule has 0 bridgehead atoms. The van der Waals surface area contributed by atoms with Gasteiger partial charge in [0.1, 0.15) is 6.10 Å². The summed E-state index contributed by atoms with van der Waals surface area (Å²) in [6, 6.07) is 0. The van der Waals surface area contributed by atoms with Gasteiger partial charge in [0.15, 0.2) is 0 Å². The van der Waals surface area contributed by atoms with E-state index in [1.165, 1.54) is 0 Å². The van der Waals surface area contributed by atoms with Crippen LogP contribution in [0.5, 0.6) is 0 Å². The van der Waals surface area contributed by atoms with Gasteiger partial charge in [-0.2, -0.15) is 0 Å². The number of carbonyl (C=O) groups is 1. The van der Waals surface area contributed by atoms with Gasteiger partial charge in [0.2, 0.25) is 0 Å². The molecular formula is C12H24O3. The van der Waals surface area contributed by atoms with E-state index >= 15 is 0 Å². The molecule has 15 heavy (non-hydrogen) atoms. The second-order valence-electron chi connectivity index (χ2n) is 5.04. The summed E-state index contributed by atoms with van der Waals surface area (Å²) < 4.78 is 10.5. The summed E-state index contributed by atoms with van der Waals surface area (Å²) in [4.78, 5) is 10.9. The SMILES string of the molecule is CCC(=O)OC(C)COCCC(C)(C)C. The topological polar surface area (TPSA) is 35.5 Å². The lowest BCUT2D eigenvalue weighted by Gasteiger charge is -2.19. The molecule has 0 saturated carbocycles. The number of hydrogen-bond donors (Lipinski definition) is 0. The van der Waals surface area contributed by atoms with Crippen LogP contribution in [0.1, 0.15) is 47.5 Å². The van der Waals surface area contributed by atoms with E-state index in [2.05, 4.69) is 20.8 Å². The average Bonchev–Trinajstić information content (AvgIpc) is 2.11. The van der Waals surface area contributed by atoms with Crippen LogP contribution in [0.15, 0.2) is 0 Å². The molecule has 0 aliphatic heterocycles. The molecule has 0 aromatic heterocycles. The minimum absolute atomic E-state index is 0.141. The summed E-state index contributed by atoms with van der Waals surface area (Å²) in [6.07, 6.45) is 1.30. The molecule has 0 N–H and O–H groups in total. The van der Waals surface area contributed by atoms with Crippen molar-refractivity contribution in [2.24, 2.45) is 5.41 Å². The summed E-state index contributed by atoms with van der Waals surface area (Å²) in [5, 5.41) is 0. The lowest BCUT2D eigenvalue weighted by Crippen LogP contribution is -2.21. The van der Waals surface area contributed by atoms with E-state index in [4.69, 9.17) is 9.47 Å². The van der Waals surface area contributed by atoms with Crippen molar-refractivity contribution < 1.29 is 14.3 Å². The van der Waals surface area contributed by atoms with Gasteiger partial charge in [-0.05, 0) is 18.8 Å². The molecule has 0 saturated heterocycles. The first kappa shape index (κ1) is 14.4. The Balaban J connectivity index is 3.47. The summed E-state index contributed by atoms with van der Waals surface area (Å²) in [7, 11) is 0. The van der Waals surface area contributed by atoms with Gasteiger partial charge in [0, 0.05) is 13.0 Å². The molecule has 0 aromatic rings. The second kappa shape index (κ2) is 6.83. The van der Waals surface area contributed by atoms with Gasteiger partial charge >= 0.3 is 5.97 Å². The minimum Gasteiger partial charge on any atom is -0.460 e. The molecule has 0 aliphatic carbocycles. The van der Waals surface area contributed by atoms with E-state index in [1.54, 1.807) is 6.92 Å². The zero-order valence-electron chi connectivity index (χ0n) is 10.6. The standard InChI is InChI=1S/C12H24O3/c1-6-11(13)15-10(2)9-14-8-7-12(3,4)5/h10H,6-9H2,1-5H3. The van der Waals surface area contributed by atoms with Crippen molar-refractivity contribution in [3.05, 3.63) is 0 Å². The maximum Gasteiger partial charge on any atom is 0.305 e. The number of hydrogen-bond acceptors (Lipinski definition) is 3. The molecule has 3 nitrogen and oxygen atoms in total. The van der Waals surface area contributed by atoms with Gasteiger partial charge in [0.05, 0.1) is 6.61 Å². The van der Waals surface area contributed by atoms with Crippen LogP contribution in [0.2, 0.25) is 0 Å². The molecule has 1 atom stereocenters. The quantitative estimate of drug-likeness (QED) is 0.506. The van der Waals surface area contributed by atoms with Gasteiger partial charge < -0.3 is 9.47 Å². The predicted molar refractivity (Wildman–Crippen MR) is 60.7 cm³/mol. The third-order valence-corrected chi connectivity index (χ3v) is 1.97. The number of ether oxygens (including phenoxy) is 2. The highest BCUT2D eigenvalue weighted by molar-refractivity contribution is 5.69. The second-order valence-corrected chi connectivity index (χ2v) is 5.04. The molecule has 0 amide bonds. The molecule has 0 fully saturated rings. The van der Waals surface area contributed by atoms with Crippen LogP contribution in [0.4, 0.5) is 0 Å². The summed E-state index contributed by atoms with van der Waals surface area (Å²) in [5.74, 6) is -0.165. The third-order valence-electron chi connectivity index (χ3n) is 1.97. The Kier molecular flexibility index (Phi) is 6.57. The van der Waals surface area contributed by atoms with Crippen LogP contribution >= 0.6 is 0 Å². The molecule has 0 aromatic carbocycles. The minimum atomic E-state index is -0.165. The zero-order valence-corrected chi connectivity index (χ0v) is 10.6. The fraction of sp³-hybridized carbons (Fsp3) is 0.917. The summed E-state index contributed by atoms with van der Waals surface area (Å²) >= 11 is 0. The smallest absolute Gasteiger partial charge is 0.305 e. The average molecular weight is 216 g/mol. The Morgan fingerprint density at radius 1 is 1.33 bits per heavy atom. The molecule has 1 unspecified atom stereocenters. The Morgan fingerprint density at radius 2 is 1.93 bits per heavy atom. The molecule has 0 aliphatic rings. The first-order valence-corrected chi connectivity index (χ1v) is 5.62. The van der Waals surface area contributed by atoms with E-state index in [0.29, 0.717) is 18.4 Å². The Hall–Kier alpha value is -0.570. The highest BCUT2D eigenvalue weighted by atomic mass is 16.6. The highest BCUT2D eigenvalue weighted by Gasteiger charge is 2.11. The molecule has 90 valence electrons. The maximum absolute atomic E-state index is 10.9. The van der Waals surface area contributed by atoms with Crippen molar-refractivity contribution in [3.63, 3.8) is 0 Å². The number of carbonyl (C=O) groups excluding carboxylic acids is 1. The van der Waals surface area contributed by atoms with Crippen LogP contribution < -0.4 is 0 Å². The molecular weight excluding hydrogens is 192 g/mol. The third kappa shape index (κ3) is 9.73. The van der Waals surface area contributed by atoms with Crippen LogP contribution in [-0.4, -0.2) is 25.3 Å². The van der Waals surface area contributed by atoms with E-state index in [9.17, 15) is 4.79 Å². The Labute approximate surface area is 93.1 Å². The van der Waals surface area contributed by atoms with Gasteiger partial charge in [0.25, 0.3) is 0 Å². The fourth-order valence-corrected chi connectivity index (χ4v) is 0.969. The predicted octanol–water partition coefficient (Wildman–Crippen LogP) is 2.78. The Bertz CT molecular complexity index is 182. The lowest BCUT2D eigenvalue weighted by molar-refractivity contribution is -0.150. The van der Waals surface area contributed by atoms with E-state index in [0.717, 1.165) is 13.0 Å². The van der Waals surface area contributed by atoms with Gasteiger partial charge in [-0.25, -0.2) is 0 Å². The summed E-state index contributed by atoms with van der Waals surface area (Å²) in [6.45, 7) is 11.4. The number of esters is 1. The molecule has 0 rings (SSSR count). The van der Waals surface area contributed by atoms with Crippen molar-refractivity contribution in [2.75, 3.05) is 13.2 Å². The monoisotopic (exact) mass is 216 g/mol. The molecule has 0 spiro atoms. The molecule has 3 heteroatoms. The van der Waals surface area contributed by atoms with Crippen LogP contribution in [0, 0.1) is 5.41 Å². The van der Waals surface area contributed by atoms with Gasteiger partial charge in [-0.15, -0.1) is 0 Å². The molecule has 0 radical (unpaired) electrons. The van der Waals surface area contributed by atoms with Crippen molar-refractivity contribution >= 4 is 5.97 Å². The van der Waals surface area contributed by atoms with E-state index in [1.807, 2.05) is 6.92 Å². The largest absolute Gasteiger partial charge is 0.460 e. The maximum atomic E-state index is 10.9. The van der Waals surface area contributed by atoms with Crippen LogP contribution in [0.25, 0.3) is 0 Å². The van der Waals surface area contributed by atoms with E-state index in [-0.39, 0.29) is 12.1 Å². The van der Waals surface area contributed by atoms with Gasteiger partial charge in [-0.1, -0.05) is 27.7 Å². The summed E-state index contributed by atoms with van der Waals surface area (Å²) in [5.41, 5.74) is 0.295. The Morgan fingerprint density at radius 3 is 2.40 bits per heavy atom. The zero-order chi connectivity index (χ0) is 11.9. The van der Waals surface area contributed by atoms with Crippen molar-refractivity contribution in [3.8, 4) is 0 Å². The number of rotatable bonds is 6. The van der Waals surface area contributed by atoms with E-state index < -0.39 is 0 Å². The van der Waals surface area contributed by atoms with Gasteiger partial charge in [-0.3, -0.25) is 4.79 Å². The molecule has 0 heterocycles. The lowest BCUT2D eigenvalue weighted by atomic mass is 9.93. The normalized spacial score (nSPS) is 13.7. The highest BCUT2D eigenvalue weighted by Crippen LogP contribution is 2.17. The van der Waals surface area contributed by atoms with Crippen LogP contribution in [0.3, 0.4) is 0 Å². The first-order chi connectivity index (χ1) is 6.85. The first-order valence-electron chi connectivity index (χ1n) is 5.62. The van der Waals surface area contributed by atoms with Crippen molar-refractivity contribution in [1.29, 1.82) is 0 Å². The van der Waals surface area contributed by atoms with Crippen LogP contribution in [-0.2, 0) is 14.3 Å². The van der Waals surface area contributed by atoms with Crippen molar-refractivity contribution in [2.45, 2.75) is 53.6 Å². The fourth-order valence-electron chi connectivity index (χ4n) is 0.969. The van der Waals surface area contributed by atoms with Crippen molar-refractivity contribution in [1.82, 2.24) is 0 Å².